The molecule has 0 saturated carbocycles. The fourth-order valence-electron chi connectivity index (χ4n) is 9.87. The zero-order chi connectivity index (χ0) is 45.6. The summed E-state index contributed by atoms with van der Waals surface area (Å²) in [6, 6.07) is 0. The lowest BCUT2D eigenvalue weighted by atomic mass is 10.0. The van der Waals surface area contributed by atoms with Gasteiger partial charge in [-0.3, -0.25) is 14.4 Å². The van der Waals surface area contributed by atoms with E-state index >= 15 is 0 Å². The minimum Gasteiger partial charge on any atom is -0.462 e. The first-order chi connectivity index (χ1) is 31.8. The van der Waals surface area contributed by atoms with Crippen molar-refractivity contribution >= 4 is 17.9 Å². The molecule has 0 amide bonds. The Balaban J connectivity index is 0.773. The van der Waals surface area contributed by atoms with Crippen LogP contribution >= 0.6 is 0 Å². The predicted octanol–water partition coefficient (Wildman–Crippen LogP) is 11.1. The summed E-state index contributed by atoms with van der Waals surface area (Å²) < 4.78 is 51.7. The summed E-state index contributed by atoms with van der Waals surface area (Å²) >= 11 is 0. The third kappa shape index (κ3) is 22.4. The minimum atomic E-state index is -0.830. The Kier molecular flexibility index (Phi) is 23.6. The number of rotatable bonds is 43. The van der Waals surface area contributed by atoms with Crippen LogP contribution in [0.1, 0.15) is 226 Å². The van der Waals surface area contributed by atoms with Gasteiger partial charge in [0.2, 0.25) is 0 Å². The van der Waals surface area contributed by atoms with Crippen LogP contribution in [0.2, 0.25) is 0 Å². The van der Waals surface area contributed by atoms with E-state index in [1.807, 2.05) is 0 Å². The van der Waals surface area contributed by atoms with E-state index in [0.717, 1.165) is 103 Å². The van der Waals surface area contributed by atoms with Crippen LogP contribution in [0.4, 0.5) is 0 Å². The molecule has 13 unspecified atom stereocenters. The summed E-state index contributed by atoms with van der Waals surface area (Å²) in [7, 11) is 0. The highest BCUT2D eigenvalue weighted by atomic mass is 16.6. The first kappa shape index (κ1) is 52.5. The van der Waals surface area contributed by atoms with E-state index in [-0.39, 0.29) is 55.9 Å². The van der Waals surface area contributed by atoms with E-state index in [9.17, 15) is 14.4 Å². The average molecular weight is 919 g/mol. The number of esters is 3. The molecule has 6 rings (SSSR count). The van der Waals surface area contributed by atoms with Gasteiger partial charge in [0.05, 0.1) is 73.2 Å². The lowest BCUT2D eigenvalue weighted by Crippen LogP contribution is -2.30. The van der Waals surface area contributed by atoms with Gasteiger partial charge in [-0.05, 0) is 58.3 Å². The highest BCUT2D eigenvalue weighted by Crippen LogP contribution is 2.42. The van der Waals surface area contributed by atoms with Gasteiger partial charge < -0.3 is 42.6 Å². The molecule has 0 bridgehead atoms. The molecule has 6 aliphatic heterocycles. The van der Waals surface area contributed by atoms with Crippen molar-refractivity contribution in [1.29, 1.82) is 0 Å². The fourth-order valence-corrected chi connectivity index (χ4v) is 9.87. The maximum absolute atomic E-state index is 12.9. The van der Waals surface area contributed by atoms with Crippen LogP contribution in [0.25, 0.3) is 0 Å². The standard InChI is InChI=1S/C53H90O12/c1-4-6-8-9-12-18-26-40-41(61-40)27-19-13-10-15-21-30-51(54)57-36-39(60-53(56)32-24-23-29-44-48(64-44)35-50-49(65-50)33-45-38(3)59-45)37-58-52(55)31-22-16-11-14-20-28-43-47(63-43)34-46-42(62-46)25-17-7-5-2/h38-50H,4-37H2,1-3H3. The normalized spacial score (nSPS) is 30.7. The topological polar surface area (TPSA) is 154 Å². The molecular weight excluding hydrogens is 829 g/mol. The highest BCUT2D eigenvalue weighted by molar-refractivity contribution is 5.71. The molecule has 0 N–H and O–H groups in total. The average Bonchev–Trinajstić information content (AvgIpc) is 4.03. The van der Waals surface area contributed by atoms with E-state index in [2.05, 4.69) is 20.8 Å². The molecule has 0 aromatic heterocycles. The molecule has 6 fully saturated rings. The molecule has 13 atom stereocenters. The first-order valence-corrected chi connectivity index (χ1v) is 27.2. The van der Waals surface area contributed by atoms with Gasteiger partial charge >= 0.3 is 17.9 Å². The Hall–Kier alpha value is -1.83. The molecule has 12 nitrogen and oxygen atoms in total. The molecule has 0 aliphatic carbocycles. The zero-order valence-corrected chi connectivity index (χ0v) is 40.9. The van der Waals surface area contributed by atoms with E-state index in [1.165, 1.54) is 77.0 Å². The monoisotopic (exact) mass is 919 g/mol. The minimum absolute atomic E-state index is 0.119. The van der Waals surface area contributed by atoms with Gasteiger partial charge in [-0.15, -0.1) is 0 Å². The van der Waals surface area contributed by atoms with Crippen molar-refractivity contribution in [2.45, 2.75) is 306 Å². The third-order valence-electron chi connectivity index (χ3n) is 14.6. The van der Waals surface area contributed by atoms with Crippen molar-refractivity contribution in [3.8, 4) is 0 Å². The van der Waals surface area contributed by atoms with Crippen LogP contribution in [0, 0.1) is 0 Å². The quantitative estimate of drug-likeness (QED) is 0.0247. The molecule has 6 aliphatic rings. The molecule has 0 spiro atoms. The number of carbonyl (C=O) groups is 3. The van der Waals surface area contributed by atoms with Crippen molar-refractivity contribution in [3.63, 3.8) is 0 Å². The summed E-state index contributed by atoms with van der Waals surface area (Å²) in [5, 5.41) is 0. The van der Waals surface area contributed by atoms with Crippen molar-refractivity contribution in [2.24, 2.45) is 0 Å². The summed E-state index contributed by atoms with van der Waals surface area (Å²) in [6.45, 7) is 6.35. The molecule has 0 aromatic rings. The number of ether oxygens (including phenoxy) is 9. The Morgan fingerprint density at radius 1 is 0.369 bits per heavy atom. The predicted molar refractivity (Wildman–Crippen MR) is 249 cm³/mol. The molecule has 6 heterocycles. The number of epoxide rings is 6. The van der Waals surface area contributed by atoms with Gasteiger partial charge in [0, 0.05) is 38.5 Å². The molecule has 6 saturated heterocycles. The molecule has 374 valence electrons. The van der Waals surface area contributed by atoms with Crippen LogP contribution in [0.15, 0.2) is 0 Å². The Morgan fingerprint density at radius 2 is 0.662 bits per heavy atom. The lowest BCUT2D eigenvalue weighted by Gasteiger charge is -2.18. The number of carbonyl (C=O) groups excluding carboxylic acids is 3. The van der Waals surface area contributed by atoms with E-state index in [0.29, 0.717) is 74.2 Å². The first-order valence-electron chi connectivity index (χ1n) is 27.2. The summed E-state index contributed by atoms with van der Waals surface area (Å²) in [5.41, 5.74) is 0. The molecule has 0 aromatic carbocycles. The van der Waals surface area contributed by atoms with Gasteiger partial charge in [0.25, 0.3) is 0 Å². The second-order valence-electron chi connectivity index (χ2n) is 20.5. The van der Waals surface area contributed by atoms with Crippen molar-refractivity contribution in [2.75, 3.05) is 13.2 Å². The van der Waals surface area contributed by atoms with Crippen molar-refractivity contribution < 1.29 is 57.0 Å². The summed E-state index contributed by atoms with van der Waals surface area (Å²) in [6.07, 6.45) is 36.5. The van der Waals surface area contributed by atoms with Crippen LogP contribution in [-0.2, 0) is 57.0 Å². The molecular formula is C53H90O12. The van der Waals surface area contributed by atoms with Crippen LogP contribution in [0.3, 0.4) is 0 Å². The number of hydrogen-bond donors (Lipinski definition) is 0. The zero-order valence-electron chi connectivity index (χ0n) is 40.9. The molecule has 0 radical (unpaired) electrons. The summed E-state index contributed by atoms with van der Waals surface area (Å²) in [4.78, 5) is 38.3. The Bertz CT molecular complexity index is 1360. The van der Waals surface area contributed by atoms with E-state index in [1.54, 1.807) is 0 Å². The fraction of sp³-hybridized carbons (Fsp3) is 0.943. The Labute approximate surface area is 392 Å². The van der Waals surface area contributed by atoms with Gasteiger partial charge in [-0.2, -0.15) is 0 Å². The van der Waals surface area contributed by atoms with Crippen molar-refractivity contribution in [3.05, 3.63) is 0 Å². The maximum atomic E-state index is 12.9. The van der Waals surface area contributed by atoms with Gasteiger partial charge in [-0.25, -0.2) is 0 Å². The summed E-state index contributed by atoms with van der Waals surface area (Å²) in [5.74, 6) is -1.01. The second-order valence-corrected chi connectivity index (χ2v) is 20.5. The van der Waals surface area contributed by atoms with Gasteiger partial charge in [-0.1, -0.05) is 129 Å². The van der Waals surface area contributed by atoms with Crippen molar-refractivity contribution in [1.82, 2.24) is 0 Å². The third-order valence-corrected chi connectivity index (χ3v) is 14.6. The Morgan fingerprint density at radius 3 is 1.12 bits per heavy atom. The second kappa shape index (κ2) is 29.3. The van der Waals surface area contributed by atoms with Crippen LogP contribution in [0.5, 0.6) is 0 Å². The van der Waals surface area contributed by atoms with E-state index in [4.69, 9.17) is 42.6 Å². The van der Waals surface area contributed by atoms with Crippen LogP contribution in [-0.4, -0.2) is 110 Å². The SMILES string of the molecule is CCCCCCCCC1OC1CCCCCCCC(=O)OCC(COC(=O)CCCCCCCC1OC1CC1OC1CCCCC)OC(=O)CCCCC1OC1CC1OC1CC1OC1C. The maximum Gasteiger partial charge on any atom is 0.306 e. The lowest BCUT2D eigenvalue weighted by molar-refractivity contribution is -0.167. The number of hydrogen-bond acceptors (Lipinski definition) is 12. The largest absolute Gasteiger partial charge is 0.462 e. The number of unbranched alkanes of at least 4 members (excludes halogenated alkanes) is 16. The van der Waals surface area contributed by atoms with Gasteiger partial charge in [0.15, 0.2) is 6.10 Å². The molecule has 65 heavy (non-hydrogen) atoms. The highest BCUT2D eigenvalue weighted by Gasteiger charge is 2.51. The van der Waals surface area contributed by atoms with Crippen LogP contribution < -0.4 is 0 Å². The van der Waals surface area contributed by atoms with E-state index < -0.39 is 6.10 Å². The van der Waals surface area contributed by atoms with Gasteiger partial charge in [0.1, 0.15) is 13.2 Å². The molecule has 12 heteroatoms. The smallest absolute Gasteiger partial charge is 0.306 e.